The maximum atomic E-state index is 13.4. The Balaban J connectivity index is 1.06. The van der Waals surface area contributed by atoms with Gasteiger partial charge in [-0.1, -0.05) is 11.2 Å². The summed E-state index contributed by atoms with van der Waals surface area (Å²) in [6.07, 6.45) is 7.41. The van der Waals surface area contributed by atoms with Crippen LogP contribution < -0.4 is 10.6 Å². The van der Waals surface area contributed by atoms with Crippen LogP contribution in [0.1, 0.15) is 67.7 Å². The van der Waals surface area contributed by atoms with Gasteiger partial charge in [-0.15, -0.1) is 0 Å². The van der Waals surface area contributed by atoms with Gasteiger partial charge >= 0.3 is 5.97 Å². The molecule has 4 heterocycles. The van der Waals surface area contributed by atoms with Crippen LogP contribution in [0.2, 0.25) is 0 Å². The molecule has 0 spiro atoms. The van der Waals surface area contributed by atoms with Crippen LogP contribution in [0.25, 0.3) is 0 Å². The number of fused-ring (bicyclic) bond motifs is 1. The van der Waals surface area contributed by atoms with Crippen LogP contribution in [0.15, 0.2) is 22.7 Å². The highest BCUT2D eigenvalue weighted by Gasteiger charge is 2.46. The average Bonchev–Trinajstić information content (AvgIpc) is 3.35. The monoisotopic (exact) mass is 526 g/mol. The number of aryl methyl sites for hydroxylation is 3. The van der Waals surface area contributed by atoms with Gasteiger partial charge in [0, 0.05) is 44.5 Å². The van der Waals surface area contributed by atoms with Crippen molar-refractivity contribution in [3.63, 3.8) is 0 Å². The van der Waals surface area contributed by atoms with Crippen molar-refractivity contribution in [2.24, 2.45) is 5.92 Å². The van der Waals surface area contributed by atoms with Crippen molar-refractivity contribution in [3.05, 3.63) is 40.9 Å². The zero-order chi connectivity index (χ0) is 26.5. The molecule has 1 amide bonds. The van der Waals surface area contributed by atoms with Crippen molar-refractivity contribution in [1.29, 1.82) is 0 Å². The molecule has 0 radical (unpaired) electrons. The summed E-state index contributed by atoms with van der Waals surface area (Å²) < 4.78 is 16.9. The van der Waals surface area contributed by atoms with Gasteiger partial charge in [-0.2, -0.15) is 0 Å². The van der Waals surface area contributed by atoms with E-state index in [0.29, 0.717) is 43.4 Å². The Hall–Kier alpha value is -2.98. The van der Waals surface area contributed by atoms with Crippen LogP contribution >= 0.6 is 0 Å². The minimum atomic E-state index is -1.07. The number of carbonyl (C=O) groups excluding carboxylic acids is 1. The van der Waals surface area contributed by atoms with E-state index in [1.807, 2.05) is 0 Å². The van der Waals surface area contributed by atoms with Crippen molar-refractivity contribution in [3.8, 4) is 0 Å². The Morgan fingerprint density at radius 1 is 1.29 bits per heavy atom. The van der Waals surface area contributed by atoms with Gasteiger partial charge in [0.25, 0.3) is 0 Å². The molecule has 1 saturated heterocycles. The standard InChI is InChI=1S/C28H38N4O6/c1-18-15-24(38-32-18)28(9-13-36-14-10-28)27(35)31-23(26(33)34)8-12-37-22-16-19(17-22)4-6-21-7-5-20-3-2-11-29-25(20)30-21/h5,7,15,19,22-23H,2-4,6,8-14,16-17H2,1H3,(H,29,30)(H,31,35)(H,33,34)/t19-,22-,23-/m0/s1. The van der Waals surface area contributed by atoms with Crippen molar-refractivity contribution in [2.75, 3.05) is 31.7 Å². The molecule has 0 bridgehead atoms. The molecule has 0 aromatic carbocycles. The molecule has 5 rings (SSSR count). The molecule has 3 aliphatic rings. The summed E-state index contributed by atoms with van der Waals surface area (Å²) in [5, 5.41) is 19.8. The Morgan fingerprint density at radius 3 is 2.84 bits per heavy atom. The first-order valence-electron chi connectivity index (χ1n) is 13.8. The summed E-state index contributed by atoms with van der Waals surface area (Å²) >= 11 is 0. The van der Waals surface area contributed by atoms with Crippen LogP contribution in [0.5, 0.6) is 0 Å². The first-order valence-corrected chi connectivity index (χ1v) is 13.8. The fraction of sp³-hybridized carbons (Fsp3) is 0.643. The van der Waals surface area contributed by atoms with E-state index >= 15 is 0 Å². The quantitative estimate of drug-likeness (QED) is 0.403. The third kappa shape index (κ3) is 6.02. The predicted molar refractivity (Wildman–Crippen MR) is 139 cm³/mol. The number of hydrogen-bond donors (Lipinski definition) is 3. The van der Waals surface area contributed by atoms with E-state index in [1.54, 1.807) is 13.0 Å². The molecule has 1 saturated carbocycles. The second kappa shape index (κ2) is 11.8. The lowest BCUT2D eigenvalue weighted by molar-refractivity contribution is -0.145. The summed E-state index contributed by atoms with van der Waals surface area (Å²) in [7, 11) is 0. The molecule has 2 aromatic heterocycles. The number of rotatable bonds is 11. The lowest BCUT2D eigenvalue weighted by Gasteiger charge is -2.36. The van der Waals surface area contributed by atoms with Gasteiger partial charge in [0.1, 0.15) is 17.3 Å². The van der Waals surface area contributed by atoms with Gasteiger partial charge in [0.15, 0.2) is 5.76 Å². The van der Waals surface area contributed by atoms with E-state index in [0.717, 1.165) is 56.6 Å². The number of carboxylic acids is 1. The predicted octanol–water partition coefficient (Wildman–Crippen LogP) is 3.17. The Labute approximate surface area is 222 Å². The lowest BCUT2D eigenvalue weighted by Crippen LogP contribution is -2.53. The van der Waals surface area contributed by atoms with Crippen LogP contribution in [0, 0.1) is 12.8 Å². The minimum absolute atomic E-state index is 0.141. The second-order valence-corrected chi connectivity index (χ2v) is 10.9. The number of aliphatic carboxylic acids is 1. The highest BCUT2D eigenvalue weighted by molar-refractivity contribution is 5.91. The first-order chi connectivity index (χ1) is 18.4. The number of anilines is 1. The zero-order valence-electron chi connectivity index (χ0n) is 22.0. The van der Waals surface area contributed by atoms with Crippen molar-refractivity contribution in [2.45, 2.75) is 82.3 Å². The second-order valence-electron chi connectivity index (χ2n) is 10.9. The number of nitrogens with zero attached hydrogens (tertiary/aromatic N) is 2. The summed E-state index contributed by atoms with van der Waals surface area (Å²) in [6.45, 7) is 3.87. The molecule has 0 unspecified atom stereocenters. The molecule has 3 N–H and O–H groups in total. The maximum absolute atomic E-state index is 13.4. The number of nitrogens with one attached hydrogen (secondary N) is 2. The molecule has 38 heavy (non-hydrogen) atoms. The zero-order valence-corrected chi connectivity index (χ0v) is 22.0. The van der Waals surface area contributed by atoms with Crippen LogP contribution in [-0.4, -0.2) is 65.6 Å². The van der Waals surface area contributed by atoms with Crippen molar-refractivity contribution in [1.82, 2.24) is 15.5 Å². The van der Waals surface area contributed by atoms with Gasteiger partial charge in [-0.3, -0.25) is 4.79 Å². The van der Waals surface area contributed by atoms with E-state index in [1.165, 1.54) is 5.56 Å². The summed E-state index contributed by atoms with van der Waals surface area (Å²) in [6, 6.07) is 5.05. The lowest BCUT2D eigenvalue weighted by atomic mass is 9.76. The van der Waals surface area contributed by atoms with Crippen LogP contribution in [0.4, 0.5) is 5.82 Å². The Bertz CT molecular complexity index is 1120. The minimum Gasteiger partial charge on any atom is -0.480 e. The van der Waals surface area contributed by atoms with Gasteiger partial charge in [0.05, 0.1) is 11.8 Å². The topological polar surface area (TPSA) is 136 Å². The van der Waals surface area contributed by atoms with E-state index in [-0.39, 0.29) is 25.0 Å². The SMILES string of the molecule is Cc1cc(C2(C(=O)N[C@@H](CCO[C@H]3C[C@H](CCc4ccc5c(n4)NCCC5)C3)C(=O)O)CCOCC2)on1. The molecule has 2 fully saturated rings. The fourth-order valence-electron chi connectivity index (χ4n) is 5.71. The molecule has 2 aliphatic heterocycles. The third-order valence-corrected chi connectivity index (χ3v) is 8.20. The summed E-state index contributed by atoms with van der Waals surface area (Å²) in [5.74, 6) is 0.663. The first kappa shape index (κ1) is 26.6. The fourth-order valence-corrected chi connectivity index (χ4v) is 5.71. The number of ether oxygens (including phenoxy) is 2. The number of pyridine rings is 1. The normalized spacial score (nSPS) is 23.0. The van der Waals surface area contributed by atoms with Crippen LogP contribution in [0.3, 0.4) is 0 Å². The molecule has 206 valence electrons. The molecule has 10 nitrogen and oxygen atoms in total. The van der Waals surface area contributed by atoms with E-state index in [2.05, 4.69) is 27.9 Å². The number of amides is 1. The number of aromatic nitrogens is 2. The molecule has 10 heteroatoms. The van der Waals surface area contributed by atoms with E-state index < -0.39 is 17.4 Å². The van der Waals surface area contributed by atoms with Gasteiger partial charge in [-0.25, -0.2) is 9.78 Å². The molecule has 1 atom stereocenters. The summed E-state index contributed by atoms with van der Waals surface area (Å²) in [5.41, 5.74) is 2.14. The van der Waals surface area contributed by atoms with E-state index in [9.17, 15) is 14.7 Å². The Kier molecular flexibility index (Phi) is 8.28. The smallest absolute Gasteiger partial charge is 0.326 e. The molecule has 1 aliphatic carbocycles. The van der Waals surface area contributed by atoms with Gasteiger partial charge in [-0.05, 0) is 75.8 Å². The van der Waals surface area contributed by atoms with Crippen molar-refractivity contribution >= 4 is 17.7 Å². The van der Waals surface area contributed by atoms with Gasteiger partial charge in [0.2, 0.25) is 5.91 Å². The Morgan fingerprint density at radius 2 is 2.11 bits per heavy atom. The highest BCUT2D eigenvalue weighted by Crippen LogP contribution is 2.36. The average molecular weight is 527 g/mol. The molecular weight excluding hydrogens is 488 g/mol. The number of hydrogen-bond acceptors (Lipinski definition) is 8. The molecule has 2 aromatic rings. The largest absolute Gasteiger partial charge is 0.480 e. The van der Waals surface area contributed by atoms with E-state index in [4.69, 9.17) is 19.0 Å². The number of carboxylic acid groups (broad SMARTS) is 1. The maximum Gasteiger partial charge on any atom is 0.326 e. The van der Waals surface area contributed by atoms with Crippen molar-refractivity contribution < 1.29 is 28.7 Å². The third-order valence-electron chi connectivity index (χ3n) is 8.20. The summed E-state index contributed by atoms with van der Waals surface area (Å²) in [4.78, 5) is 30.1. The van der Waals surface area contributed by atoms with Crippen LogP contribution in [-0.2, 0) is 37.3 Å². The highest BCUT2D eigenvalue weighted by atomic mass is 16.5. The number of carbonyl (C=O) groups is 2. The van der Waals surface area contributed by atoms with Gasteiger partial charge < -0.3 is 29.7 Å². The molecular formula is C28H38N4O6.